The molecule has 0 atom stereocenters. The van der Waals surface area contributed by atoms with Crippen molar-refractivity contribution in [3.63, 3.8) is 0 Å². The first-order valence-electron chi connectivity index (χ1n) is 30.5. The molecule has 5 heteroatoms. The number of aliphatic hydroxyl groups is 2. The molecule has 0 aliphatic carbocycles. The molecular formula is C68H112N2NiO2. The zero-order chi connectivity index (χ0) is 52.7. The van der Waals surface area contributed by atoms with Crippen molar-refractivity contribution in [1.29, 1.82) is 0 Å². The number of hydrogen-bond donors (Lipinski definition) is 2. The summed E-state index contributed by atoms with van der Waals surface area (Å²) in [6, 6.07) is 14.1. The van der Waals surface area contributed by atoms with Crippen LogP contribution >= 0.6 is 0 Å². The third-order valence-corrected chi connectivity index (χ3v) is 13.6. The Morgan fingerprint density at radius 1 is 0.342 bits per heavy atom. The number of aliphatic hydroxyl groups excluding tert-OH is 2. The summed E-state index contributed by atoms with van der Waals surface area (Å²) in [4.78, 5) is 0. The summed E-state index contributed by atoms with van der Waals surface area (Å²) < 4.78 is 1.63. The smallest absolute Gasteiger partial charge is 0.211 e. The number of nitrogens with zero attached hydrogens (tertiary/aromatic N) is 2. The number of hydrogen-bond acceptors (Lipinski definition) is 2. The van der Waals surface area contributed by atoms with Crippen LogP contribution in [0.15, 0.2) is 71.8 Å². The normalized spacial score (nSPS) is 12.7. The molecule has 1 aliphatic heterocycles. The van der Waals surface area contributed by atoms with Gasteiger partial charge in [0, 0.05) is 52.0 Å². The zero-order valence-corrected chi connectivity index (χ0v) is 49.6. The fourth-order valence-corrected chi connectivity index (χ4v) is 9.55. The van der Waals surface area contributed by atoms with Crippen LogP contribution in [0.1, 0.15) is 307 Å². The average molecular weight is 1050 g/mol. The third-order valence-electron chi connectivity index (χ3n) is 13.6. The molecule has 2 N–H and O–H groups in total. The molecule has 3 rings (SSSR count). The molecule has 1 aliphatic rings. The number of benzene rings is 2. The first-order valence-corrected chi connectivity index (χ1v) is 30.5. The molecular weight excluding hydrogens is 935 g/mol. The predicted octanol–water partition coefficient (Wildman–Crippen LogP) is 22.3. The Labute approximate surface area is 462 Å². The van der Waals surface area contributed by atoms with Gasteiger partial charge in [0.05, 0.1) is 0 Å². The molecule has 2 aromatic rings. The van der Waals surface area contributed by atoms with Gasteiger partial charge in [-0.2, -0.15) is 0 Å². The Bertz CT molecular complexity index is 1630. The van der Waals surface area contributed by atoms with Gasteiger partial charge in [0.15, 0.2) is 0 Å². The van der Waals surface area contributed by atoms with Crippen LogP contribution in [0.3, 0.4) is 0 Å². The molecule has 0 saturated heterocycles. The van der Waals surface area contributed by atoms with Crippen LogP contribution in [0.4, 0.5) is 0 Å². The monoisotopic (exact) mass is 1050 g/mol. The maximum absolute atomic E-state index is 12.8. The molecule has 0 spiro atoms. The minimum Gasteiger partial charge on any atom is -0.493 e. The fourth-order valence-electron chi connectivity index (χ4n) is 9.55. The molecule has 0 radical (unpaired) electrons. The van der Waals surface area contributed by atoms with Crippen molar-refractivity contribution in [2.75, 3.05) is 13.2 Å². The van der Waals surface area contributed by atoms with Gasteiger partial charge in [-0.05, 0) is 150 Å². The van der Waals surface area contributed by atoms with Gasteiger partial charge in [0.25, 0.3) is 0 Å². The fraction of sp³-hybridized carbons (Fsp3) is 0.647. The molecule has 4 nitrogen and oxygen atoms in total. The van der Waals surface area contributed by atoms with Gasteiger partial charge in [-0.25, -0.2) is 4.70 Å². The van der Waals surface area contributed by atoms with Crippen molar-refractivity contribution in [2.24, 2.45) is 0 Å². The van der Waals surface area contributed by atoms with Gasteiger partial charge in [-0.15, -0.1) is 0 Å². The standard InChI is InChI=1S/C64H100N2.2C2H6O.Ni/c1-7-13-19-23-27-31-35-39-43-55-49-56(44-40-36-32-28-24-20-14-8-2)52-59(51-55)63-61(47-17-11-5)62(48-18-12-6)64(66(63)65)60-53-57(45-41-37-33-29-25-21-15-9-3)50-58(54-60)46-42-38-34-30-26-22-16-10-4;2*1-2-3;/h39-46,49-54H,7-38,47-48H2,1-6H3;2*3H,2H2,1H3;. The summed E-state index contributed by atoms with van der Waals surface area (Å²) in [6.07, 6.45) is 61.5. The van der Waals surface area contributed by atoms with Crippen LogP contribution in [0, 0.1) is 0 Å². The van der Waals surface area contributed by atoms with E-state index in [1.807, 2.05) is 0 Å². The summed E-state index contributed by atoms with van der Waals surface area (Å²) in [5.74, 6) is 0. The minimum atomic E-state index is 0. The van der Waals surface area contributed by atoms with E-state index < -0.39 is 0 Å². The van der Waals surface area contributed by atoms with Gasteiger partial charge in [0.1, 0.15) is 0 Å². The third kappa shape index (κ3) is 32.8. The van der Waals surface area contributed by atoms with E-state index >= 15 is 0 Å². The summed E-state index contributed by atoms with van der Waals surface area (Å²) in [6.45, 7) is 17.6. The van der Waals surface area contributed by atoms with E-state index in [1.165, 1.54) is 187 Å². The summed E-state index contributed by atoms with van der Waals surface area (Å²) >= 11 is 0. The van der Waals surface area contributed by atoms with E-state index in [2.05, 4.69) is 127 Å². The molecule has 0 aromatic heterocycles. The van der Waals surface area contributed by atoms with E-state index in [4.69, 9.17) is 10.2 Å². The molecule has 0 amide bonds. The predicted molar refractivity (Wildman–Crippen MR) is 323 cm³/mol. The molecule has 73 heavy (non-hydrogen) atoms. The maximum Gasteiger partial charge on any atom is 0.211 e. The van der Waals surface area contributed by atoms with E-state index in [9.17, 15) is 5.53 Å². The SMILES string of the molecule is CCCCCCCCC=Cc1cc(C=CCCCCCCCC)cc(C2=C(CCCC)C(CCCC)=C(c3cc(C=CCCCCCCCC)cc(C=CCCCCCCCC)c3)[N+]2=[N-])c1.CCO.CCO.[Ni]. The van der Waals surface area contributed by atoms with Crippen molar-refractivity contribution < 1.29 is 31.4 Å². The second kappa shape index (κ2) is 49.8. The second-order valence-electron chi connectivity index (χ2n) is 20.4. The van der Waals surface area contributed by atoms with Crippen LogP contribution in [-0.4, -0.2) is 28.1 Å². The Hall–Kier alpha value is -3.11. The van der Waals surface area contributed by atoms with Crippen LogP contribution in [0.2, 0.25) is 0 Å². The van der Waals surface area contributed by atoms with Gasteiger partial charge < -0.3 is 15.7 Å². The van der Waals surface area contributed by atoms with E-state index in [0.717, 1.165) is 86.7 Å². The number of rotatable bonds is 40. The van der Waals surface area contributed by atoms with E-state index in [1.54, 1.807) is 18.5 Å². The summed E-state index contributed by atoms with van der Waals surface area (Å²) in [5.41, 5.74) is 24.7. The van der Waals surface area contributed by atoms with Crippen molar-refractivity contribution >= 4 is 35.7 Å². The zero-order valence-electron chi connectivity index (χ0n) is 48.6. The Kier molecular flexibility index (Phi) is 47.6. The maximum atomic E-state index is 12.8. The Morgan fingerprint density at radius 3 is 0.795 bits per heavy atom. The largest absolute Gasteiger partial charge is 0.493 e. The van der Waals surface area contributed by atoms with Crippen LogP contribution in [0.25, 0.3) is 41.2 Å². The number of allylic oxidation sites excluding steroid dienone is 6. The van der Waals surface area contributed by atoms with Gasteiger partial charge in [-0.3, -0.25) is 0 Å². The van der Waals surface area contributed by atoms with Crippen molar-refractivity contribution in [1.82, 2.24) is 0 Å². The minimum absolute atomic E-state index is 0. The van der Waals surface area contributed by atoms with Gasteiger partial charge >= 0.3 is 0 Å². The van der Waals surface area contributed by atoms with Crippen molar-refractivity contribution in [3.05, 3.63) is 111 Å². The van der Waals surface area contributed by atoms with E-state index in [0.29, 0.717) is 0 Å². The summed E-state index contributed by atoms with van der Waals surface area (Å²) in [5, 5.41) is 15.1. The topological polar surface area (TPSA) is 65.8 Å². The first-order chi connectivity index (χ1) is 35.3. The van der Waals surface area contributed by atoms with Crippen molar-refractivity contribution in [3.8, 4) is 0 Å². The van der Waals surface area contributed by atoms with Crippen LogP contribution < -0.4 is 0 Å². The van der Waals surface area contributed by atoms with Crippen LogP contribution in [0.5, 0.6) is 0 Å². The van der Waals surface area contributed by atoms with Crippen LogP contribution in [-0.2, 0) is 16.5 Å². The molecule has 416 valence electrons. The number of unbranched alkanes of at least 4 members (excludes halogenated alkanes) is 26. The van der Waals surface area contributed by atoms with Gasteiger partial charge in [-0.1, -0.05) is 231 Å². The van der Waals surface area contributed by atoms with E-state index in [-0.39, 0.29) is 29.7 Å². The first kappa shape index (κ1) is 69.9. The molecule has 2 aromatic carbocycles. The second-order valence-corrected chi connectivity index (χ2v) is 20.4. The molecule has 0 unspecified atom stereocenters. The average Bonchev–Trinajstić information content (AvgIpc) is 3.66. The van der Waals surface area contributed by atoms with Gasteiger partial charge in [0.2, 0.25) is 11.4 Å². The summed E-state index contributed by atoms with van der Waals surface area (Å²) in [7, 11) is 0. The quantitative estimate of drug-likeness (QED) is 0.0397. The van der Waals surface area contributed by atoms with Crippen molar-refractivity contribution in [2.45, 2.75) is 274 Å². The molecule has 0 bridgehead atoms. The molecule has 0 saturated carbocycles. The Balaban J connectivity index is 0.00000704. The molecule has 1 heterocycles. The Morgan fingerprint density at radius 2 is 0.562 bits per heavy atom. The molecule has 0 fully saturated rings.